The molecule has 1 aliphatic heterocycles. The van der Waals surface area contributed by atoms with Crippen LogP contribution in [0.1, 0.15) is 49.1 Å². The van der Waals surface area contributed by atoms with Crippen LogP contribution in [0.2, 0.25) is 0 Å². The molecular formula is C19H27N3. The van der Waals surface area contributed by atoms with Crippen molar-refractivity contribution in [2.45, 2.75) is 46.2 Å². The predicted octanol–water partition coefficient (Wildman–Crippen LogP) is 3.46. The highest BCUT2D eigenvalue weighted by Gasteiger charge is 2.20. The van der Waals surface area contributed by atoms with E-state index in [1.807, 2.05) is 0 Å². The standard InChI is InChI=1S/C19H27N3/c1-5-20-11-16-15-10-14(13(2)3)6-7-18(15)21-19-8-9-22(4)12-17(16)19/h6-7,10,13,20H,5,8-9,11-12H2,1-4H3. The molecule has 0 radical (unpaired) electrons. The summed E-state index contributed by atoms with van der Waals surface area (Å²) in [7, 11) is 2.20. The van der Waals surface area contributed by atoms with Crippen LogP contribution in [0.25, 0.3) is 10.9 Å². The molecule has 0 amide bonds. The molecule has 1 aliphatic rings. The third-order valence-corrected chi connectivity index (χ3v) is 4.69. The van der Waals surface area contributed by atoms with Crippen molar-refractivity contribution in [3.8, 4) is 0 Å². The quantitative estimate of drug-likeness (QED) is 0.937. The lowest BCUT2D eigenvalue weighted by molar-refractivity contribution is 0.309. The van der Waals surface area contributed by atoms with Gasteiger partial charge in [-0.3, -0.25) is 4.98 Å². The molecule has 1 aromatic heterocycles. The zero-order chi connectivity index (χ0) is 15.7. The summed E-state index contributed by atoms with van der Waals surface area (Å²) in [6, 6.07) is 6.80. The first-order valence-electron chi connectivity index (χ1n) is 8.43. The van der Waals surface area contributed by atoms with Gasteiger partial charge in [0, 0.05) is 37.1 Å². The number of hydrogen-bond donors (Lipinski definition) is 1. The van der Waals surface area contributed by atoms with Gasteiger partial charge >= 0.3 is 0 Å². The van der Waals surface area contributed by atoms with Crippen molar-refractivity contribution < 1.29 is 0 Å². The van der Waals surface area contributed by atoms with E-state index in [9.17, 15) is 0 Å². The van der Waals surface area contributed by atoms with Gasteiger partial charge in [-0.1, -0.05) is 26.8 Å². The van der Waals surface area contributed by atoms with E-state index >= 15 is 0 Å². The molecule has 0 spiro atoms. The second kappa shape index (κ2) is 6.35. The lowest BCUT2D eigenvalue weighted by Gasteiger charge is -2.27. The van der Waals surface area contributed by atoms with Crippen LogP contribution in [0.5, 0.6) is 0 Å². The van der Waals surface area contributed by atoms with E-state index in [0.717, 1.165) is 38.1 Å². The first-order chi connectivity index (χ1) is 10.6. The molecule has 0 saturated carbocycles. The van der Waals surface area contributed by atoms with Crippen LogP contribution in [0.3, 0.4) is 0 Å². The highest BCUT2D eigenvalue weighted by atomic mass is 15.1. The zero-order valence-electron chi connectivity index (χ0n) is 14.2. The van der Waals surface area contributed by atoms with Crippen LogP contribution in [0.15, 0.2) is 18.2 Å². The van der Waals surface area contributed by atoms with Gasteiger partial charge in [0.05, 0.1) is 5.52 Å². The third kappa shape index (κ3) is 2.88. The van der Waals surface area contributed by atoms with Crippen LogP contribution in [0.4, 0.5) is 0 Å². The Balaban J connectivity index is 2.19. The van der Waals surface area contributed by atoms with E-state index < -0.39 is 0 Å². The largest absolute Gasteiger partial charge is 0.313 e. The van der Waals surface area contributed by atoms with Crippen LogP contribution in [-0.2, 0) is 19.5 Å². The highest BCUT2D eigenvalue weighted by Crippen LogP contribution is 2.30. The summed E-state index contributed by atoms with van der Waals surface area (Å²) in [5.41, 5.74) is 6.76. The van der Waals surface area contributed by atoms with Crippen LogP contribution in [-0.4, -0.2) is 30.0 Å². The molecule has 1 aromatic carbocycles. The first-order valence-corrected chi connectivity index (χ1v) is 8.43. The van der Waals surface area contributed by atoms with E-state index in [-0.39, 0.29) is 0 Å². The molecule has 0 bridgehead atoms. The Morgan fingerprint density at radius 2 is 2.14 bits per heavy atom. The van der Waals surface area contributed by atoms with Crippen molar-refractivity contribution in [1.82, 2.24) is 15.2 Å². The molecule has 0 atom stereocenters. The van der Waals surface area contributed by atoms with Crippen molar-refractivity contribution in [1.29, 1.82) is 0 Å². The lowest BCUT2D eigenvalue weighted by atomic mass is 9.93. The number of benzene rings is 1. The molecule has 118 valence electrons. The molecule has 3 rings (SSSR count). The van der Waals surface area contributed by atoms with Crippen LogP contribution < -0.4 is 5.32 Å². The van der Waals surface area contributed by atoms with Crippen molar-refractivity contribution in [3.63, 3.8) is 0 Å². The normalized spacial score (nSPS) is 15.5. The SMILES string of the molecule is CCNCc1c2c(nc3ccc(C(C)C)cc13)CCN(C)C2. The van der Waals surface area contributed by atoms with E-state index in [1.165, 1.54) is 27.8 Å². The average Bonchev–Trinajstić information content (AvgIpc) is 2.51. The number of nitrogens with zero attached hydrogens (tertiary/aromatic N) is 2. The fourth-order valence-corrected chi connectivity index (χ4v) is 3.29. The lowest BCUT2D eigenvalue weighted by Crippen LogP contribution is -2.29. The molecule has 0 saturated heterocycles. The maximum Gasteiger partial charge on any atom is 0.0709 e. The van der Waals surface area contributed by atoms with Crippen LogP contribution in [0, 0.1) is 0 Å². The third-order valence-electron chi connectivity index (χ3n) is 4.69. The van der Waals surface area contributed by atoms with Crippen molar-refractivity contribution in [2.75, 3.05) is 20.1 Å². The van der Waals surface area contributed by atoms with Gasteiger partial charge in [0.15, 0.2) is 0 Å². The van der Waals surface area contributed by atoms with E-state index in [0.29, 0.717) is 5.92 Å². The molecule has 3 heteroatoms. The van der Waals surface area contributed by atoms with E-state index in [4.69, 9.17) is 4.98 Å². The van der Waals surface area contributed by atoms with Gasteiger partial charge in [-0.2, -0.15) is 0 Å². The number of aromatic nitrogens is 1. The molecule has 2 heterocycles. The minimum absolute atomic E-state index is 0.551. The minimum atomic E-state index is 0.551. The Labute approximate surface area is 133 Å². The summed E-state index contributed by atoms with van der Waals surface area (Å²) in [5, 5.41) is 4.86. The fourth-order valence-electron chi connectivity index (χ4n) is 3.29. The first kappa shape index (κ1) is 15.4. The van der Waals surface area contributed by atoms with Crippen molar-refractivity contribution >= 4 is 10.9 Å². The molecule has 0 aliphatic carbocycles. The Hall–Kier alpha value is -1.45. The molecule has 3 nitrogen and oxygen atoms in total. The van der Waals surface area contributed by atoms with Gasteiger partial charge in [-0.25, -0.2) is 0 Å². The van der Waals surface area contributed by atoms with Gasteiger partial charge in [0.25, 0.3) is 0 Å². The second-order valence-corrected chi connectivity index (χ2v) is 6.72. The van der Waals surface area contributed by atoms with Gasteiger partial charge in [-0.05, 0) is 48.3 Å². The molecule has 1 N–H and O–H groups in total. The monoisotopic (exact) mass is 297 g/mol. The van der Waals surface area contributed by atoms with Gasteiger partial charge in [-0.15, -0.1) is 0 Å². The smallest absolute Gasteiger partial charge is 0.0709 e. The number of likely N-dealkylation sites (N-methyl/N-ethyl adjacent to an activating group) is 1. The maximum absolute atomic E-state index is 4.96. The second-order valence-electron chi connectivity index (χ2n) is 6.72. The Kier molecular flexibility index (Phi) is 4.46. The average molecular weight is 297 g/mol. The number of hydrogen-bond acceptors (Lipinski definition) is 3. The summed E-state index contributed by atoms with van der Waals surface area (Å²) < 4.78 is 0. The molecule has 2 aromatic rings. The summed E-state index contributed by atoms with van der Waals surface area (Å²) >= 11 is 0. The maximum atomic E-state index is 4.96. The topological polar surface area (TPSA) is 28.2 Å². The minimum Gasteiger partial charge on any atom is -0.313 e. The van der Waals surface area contributed by atoms with E-state index in [2.05, 4.69) is 56.2 Å². The Morgan fingerprint density at radius 1 is 1.32 bits per heavy atom. The van der Waals surface area contributed by atoms with Crippen LogP contribution >= 0.6 is 0 Å². The van der Waals surface area contributed by atoms with Gasteiger partial charge < -0.3 is 10.2 Å². The highest BCUT2D eigenvalue weighted by molar-refractivity contribution is 5.84. The summed E-state index contributed by atoms with van der Waals surface area (Å²) in [6.07, 6.45) is 1.06. The zero-order valence-corrected chi connectivity index (χ0v) is 14.2. The Morgan fingerprint density at radius 3 is 2.86 bits per heavy atom. The molecule has 22 heavy (non-hydrogen) atoms. The number of pyridine rings is 1. The summed E-state index contributed by atoms with van der Waals surface area (Å²) in [4.78, 5) is 7.37. The number of rotatable bonds is 4. The van der Waals surface area contributed by atoms with Crippen molar-refractivity contribution in [2.24, 2.45) is 0 Å². The summed E-state index contributed by atoms with van der Waals surface area (Å²) in [5.74, 6) is 0.551. The van der Waals surface area contributed by atoms with Gasteiger partial charge in [0.2, 0.25) is 0 Å². The Bertz CT molecular complexity index is 676. The number of fused-ring (bicyclic) bond motifs is 2. The van der Waals surface area contributed by atoms with Gasteiger partial charge in [0.1, 0.15) is 0 Å². The van der Waals surface area contributed by atoms with Crippen molar-refractivity contribution in [3.05, 3.63) is 40.6 Å². The molecule has 0 fully saturated rings. The fraction of sp³-hybridized carbons (Fsp3) is 0.526. The number of nitrogens with one attached hydrogen (secondary N) is 1. The predicted molar refractivity (Wildman–Crippen MR) is 93.3 cm³/mol. The molecular weight excluding hydrogens is 270 g/mol. The molecule has 0 unspecified atom stereocenters. The van der Waals surface area contributed by atoms with E-state index in [1.54, 1.807) is 0 Å². The summed E-state index contributed by atoms with van der Waals surface area (Å²) in [6.45, 7) is 10.7.